The van der Waals surface area contributed by atoms with Crippen LogP contribution in [0.5, 0.6) is 0 Å². The molecule has 0 spiro atoms. The van der Waals surface area contributed by atoms with Crippen LogP contribution in [0.15, 0.2) is 0 Å². The molecular weight excluding hydrogens is 190 g/mol. The summed E-state index contributed by atoms with van der Waals surface area (Å²) in [5.41, 5.74) is -0.352. The van der Waals surface area contributed by atoms with Crippen molar-refractivity contribution < 1.29 is 14.3 Å². The first-order valence-electron chi connectivity index (χ1n) is 5.64. The normalized spacial score (nSPS) is 14.1. The van der Waals surface area contributed by atoms with Crippen LogP contribution in [0.1, 0.15) is 48.0 Å². The van der Waals surface area contributed by atoms with E-state index in [0.29, 0.717) is 5.92 Å². The van der Waals surface area contributed by atoms with E-state index in [1.54, 1.807) is 0 Å². The van der Waals surface area contributed by atoms with E-state index in [9.17, 15) is 5.02 Å². The molecule has 0 aliphatic rings. The lowest BCUT2D eigenvalue weighted by molar-refractivity contribution is 0.0424. The Hall–Kier alpha value is 0.00987. The van der Waals surface area contributed by atoms with Gasteiger partial charge in [-0.25, -0.2) is 0 Å². The van der Waals surface area contributed by atoms with Crippen LogP contribution >= 0.6 is 0 Å². The average molecular weight is 213 g/mol. The minimum atomic E-state index is -0.962. The molecule has 0 aliphatic heterocycles. The second-order valence-electron chi connectivity index (χ2n) is 4.76. The Morgan fingerprint density at radius 3 is 2.27 bits per heavy atom. The number of hydrogen-bond donors (Lipinski definition) is 1. The van der Waals surface area contributed by atoms with E-state index in [0.717, 1.165) is 6.42 Å². The Morgan fingerprint density at radius 1 is 1.33 bits per heavy atom. The number of rotatable bonds is 7. The van der Waals surface area contributed by atoms with E-state index < -0.39 is 7.01 Å². The van der Waals surface area contributed by atoms with Crippen LogP contribution in [0.25, 0.3) is 0 Å². The molecule has 0 amide bonds. The first kappa shape index (κ1) is 15.0. The van der Waals surface area contributed by atoms with Crippen LogP contribution in [0.2, 0.25) is 0 Å². The average Bonchev–Trinajstić information content (AvgIpc) is 2.13. The standard InChI is InChI=1S/C10H23B2O3/c1-7-9(4)14-11-12(13)15-10(5,6)8(2)3/h8-9,13H,7H2,1-6H3. The molecule has 0 rings (SSSR count). The molecule has 87 valence electrons. The largest absolute Gasteiger partial charge is 0.441 e. The van der Waals surface area contributed by atoms with Gasteiger partial charge in [-0.05, 0) is 33.1 Å². The van der Waals surface area contributed by atoms with E-state index >= 15 is 0 Å². The van der Waals surface area contributed by atoms with Crippen molar-refractivity contribution in [2.45, 2.75) is 59.7 Å². The first-order chi connectivity index (χ1) is 6.79. The van der Waals surface area contributed by atoms with Crippen LogP contribution in [0, 0.1) is 5.92 Å². The second kappa shape index (κ2) is 6.56. The Labute approximate surface area is 94.9 Å². The predicted molar refractivity (Wildman–Crippen MR) is 64.6 cm³/mol. The molecule has 5 heteroatoms. The van der Waals surface area contributed by atoms with Crippen LogP contribution < -0.4 is 0 Å². The Balaban J connectivity index is 3.88. The van der Waals surface area contributed by atoms with E-state index in [1.807, 2.05) is 27.7 Å². The van der Waals surface area contributed by atoms with Gasteiger partial charge in [-0.3, -0.25) is 0 Å². The lowest BCUT2D eigenvalue weighted by Gasteiger charge is -2.31. The molecule has 0 fully saturated rings. The van der Waals surface area contributed by atoms with Gasteiger partial charge < -0.3 is 14.3 Å². The van der Waals surface area contributed by atoms with Gasteiger partial charge in [-0.2, -0.15) is 0 Å². The molecule has 1 radical (unpaired) electrons. The van der Waals surface area contributed by atoms with E-state index in [4.69, 9.17) is 9.31 Å². The van der Waals surface area contributed by atoms with Gasteiger partial charge in [0.25, 0.3) is 0 Å². The highest BCUT2D eigenvalue weighted by Crippen LogP contribution is 2.20. The molecule has 1 atom stereocenters. The van der Waals surface area contributed by atoms with Crippen molar-refractivity contribution in [1.29, 1.82) is 0 Å². The molecular formula is C10H23B2O3. The minimum Gasteiger partial charge on any atom is -0.441 e. The summed E-state index contributed by atoms with van der Waals surface area (Å²) >= 11 is 0. The van der Waals surface area contributed by atoms with Gasteiger partial charge in [0.05, 0.1) is 0 Å². The predicted octanol–water partition coefficient (Wildman–Crippen LogP) is 1.85. The fourth-order valence-corrected chi connectivity index (χ4v) is 0.773. The third kappa shape index (κ3) is 6.23. The van der Waals surface area contributed by atoms with Crippen LogP contribution in [0.4, 0.5) is 0 Å². The highest BCUT2D eigenvalue weighted by molar-refractivity contribution is 7.02. The summed E-state index contributed by atoms with van der Waals surface area (Å²) in [7, 11) is 0.398. The van der Waals surface area contributed by atoms with Gasteiger partial charge in [0, 0.05) is 11.7 Å². The lowest BCUT2D eigenvalue weighted by Crippen LogP contribution is -2.42. The van der Waals surface area contributed by atoms with Crippen LogP contribution in [0.3, 0.4) is 0 Å². The van der Waals surface area contributed by atoms with Gasteiger partial charge in [0.15, 0.2) is 0 Å². The molecule has 0 bridgehead atoms. The maximum absolute atomic E-state index is 9.58. The van der Waals surface area contributed by atoms with Crippen molar-refractivity contribution in [3.8, 4) is 0 Å². The lowest BCUT2D eigenvalue weighted by atomic mass is 9.55. The third-order valence-electron chi connectivity index (χ3n) is 2.82. The fraction of sp³-hybridized carbons (Fsp3) is 1.00. The molecule has 0 aromatic carbocycles. The maximum atomic E-state index is 9.58. The molecule has 1 unspecified atom stereocenters. The van der Waals surface area contributed by atoms with Crippen molar-refractivity contribution in [2.24, 2.45) is 5.92 Å². The summed E-state index contributed by atoms with van der Waals surface area (Å²) in [6, 6.07) is 0. The van der Waals surface area contributed by atoms with Crippen LogP contribution in [-0.2, 0) is 9.31 Å². The third-order valence-corrected chi connectivity index (χ3v) is 2.82. The zero-order valence-corrected chi connectivity index (χ0v) is 10.8. The molecule has 0 aromatic rings. The molecule has 0 aromatic heterocycles. The molecule has 1 N–H and O–H groups in total. The van der Waals surface area contributed by atoms with E-state index in [-0.39, 0.29) is 11.7 Å². The molecule has 0 heterocycles. The smallest absolute Gasteiger partial charge is 0.436 e. The zero-order chi connectivity index (χ0) is 12.1. The molecule has 3 nitrogen and oxygen atoms in total. The summed E-state index contributed by atoms with van der Waals surface area (Å²) in [6.45, 7) is 12.0. The van der Waals surface area contributed by atoms with E-state index in [2.05, 4.69) is 13.8 Å². The molecule has 0 saturated heterocycles. The summed E-state index contributed by atoms with van der Waals surface area (Å²) in [4.78, 5) is 0. The van der Waals surface area contributed by atoms with Gasteiger partial charge in [-0.15, -0.1) is 0 Å². The van der Waals surface area contributed by atoms with Crippen molar-refractivity contribution >= 4 is 14.4 Å². The van der Waals surface area contributed by atoms with Gasteiger partial charge >= 0.3 is 14.4 Å². The molecule has 15 heavy (non-hydrogen) atoms. The summed E-state index contributed by atoms with van der Waals surface area (Å²) in [5, 5.41) is 9.58. The van der Waals surface area contributed by atoms with Crippen molar-refractivity contribution in [3.05, 3.63) is 0 Å². The van der Waals surface area contributed by atoms with E-state index in [1.165, 1.54) is 7.37 Å². The van der Waals surface area contributed by atoms with Gasteiger partial charge in [0.2, 0.25) is 0 Å². The first-order valence-corrected chi connectivity index (χ1v) is 5.64. The SMILES string of the molecule is CCC(C)O[B]B(O)OC(C)(C)C(C)C. The highest BCUT2D eigenvalue weighted by Gasteiger charge is 2.30. The van der Waals surface area contributed by atoms with Crippen molar-refractivity contribution in [1.82, 2.24) is 0 Å². The van der Waals surface area contributed by atoms with Gasteiger partial charge in [-0.1, -0.05) is 20.8 Å². The minimum absolute atomic E-state index is 0.116. The fourth-order valence-electron chi connectivity index (χ4n) is 0.773. The maximum Gasteiger partial charge on any atom is 0.436 e. The zero-order valence-electron chi connectivity index (χ0n) is 10.8. The van der Waals surface area contributed by atoms with Crippen molar-refractivity contribution in [3.63, 3.8) is 0 Å². The monoisotopic (exact) mass is 213 g/mol. The Morgan fingerprint density at radius 2 is 1.87 bits per heavy atom. The molecule has 0 saturated carbocycles. The van der Waals surface area contributed by atoms with Crippen LogP contribution in [-0.4, -0.2) is 31.1 Å². The molecule has 0 aliphatic carbocycles. The topological polar surface area (TPSA) is 38.7 Å². The quantitative estimate of drug-likeness (QED) is 0.655. The Kier molecular flexibility index (Phi) is 6.57. The highest BCUT2D eigenvalue weighted by atomic mass is 16.5. The number of hydrogen-bond acceptors (Lipinski definition) is 3. The second-order valence-corrected chi connectivity index (χ2v) is 4.76. The Bertz CT molecular complexity index is 174. The van der Waals surface area contributed by atoms with Gasteiger partial charge in [0.1, 0.15) is 0 Å². The summed E-state index contributed by atoms with van der Waals surface area (Å²) in [5.74, 6) is 0.337. The summed E-state index contributed by atoms with van der Waals surface area (Å²) < 4.78 is 10.7. The summed E-state index contributed by atoms with van der Waals surface area (Å²) in [6.07, 6.45) is 1.03. The van der Waals surface area contributed by atoms with Crippen molar-refractivity contribution in [2.75, 3.05) is 0 Å².